The Morgan fingerprint density at radius 1 is 0.647 bits per heavy atom. The maximum absolute atomic E-state index is 2.39. The van der Waals surface area contributed by atoms with Gasteiger partial charge < -0.3 is 4.90 Å². The topological polar surface area (TPSA) is 3.24 Å². The molecule has 1 atom stereocenters. The van der Waals surface area contributed by atoms with E-state index < -0.39 is 0 Å². The number of fused-ring (bicyclic) bond motifs is 3. The monoisotopic (exact) mass is 439 g/mol. The highest BCUT2D eigenvalue weighted by Crippen LogP contribution is 2.50. The van der Waals surface area contributed by atoms with Crippen molar-refractivity contribution in [2.45, 2.75) is 31.6 Å². The number of hydrogen-bond acceptors (Lipinski definition) is 1. The molecule has 1 heteroatoms. The summed E-state index contributed by atoms with van der Waals surface area (Å²) in [7, 11) is 0. The van der Waals surface area contributed by atoms with Gasteiger partial charge in [-0.15, -0.1) is 0 Å². The molecule has 34 heavy (non-hydrogen) atoms. The average Bonchev–Trinajstić information content (AvgIpc) is 3.12. The Bertz CT molecular complexity index is 1390. The van der Waals surface area contributed by atoms with Crippen molar-refractivity contribution in [2.75, 3.05) is 4.90 Å². The van der Waals surface area contributed by atoms with Gasteiger partial charge in [-0.3, -0.25) is 0 Å². The van der Waals surface area contributed by atoms with Crippen LogP contribution < -0.4 is 4.90 Å². The molecule has 0 amide bonds. The first-order valence-electron chi connectivity index (χ1n) is 12.2. The second kappa shape index (κ2) is 8.18. The molecule has 0 spiro atoms. The molecule has 1 unspecified atom stereocenters. The van der Waals surface area contributed by atoms with Crippen LogP contribution in [0, 0.1) is 0 Å². The number of para-hydroxylation sites is 1. The second-order valence-corrected chi connectivity index (χ2v) is 9.82. The van der Waals surface area contributed by atoms with Gasteiger partial charge in [0.1, 0.15) is 0 Å². The number of anilines is 3. The minimum Gasteiger partial charge on any atom is -0.310 e. The Hall–Kier alpha value is -3.84. The first kappa shape index (κ1) is 20.7. The standard InChI is InChI=1S/C33H29N/c1-33(2)31-16-10-9-15-29(31)30-22-21-28(23-32(30)33)34(26-13-7-4-8-14-26)27-19-17-25(18-20-27)24-11-5-3-6-12-24/h3-11,13-24H,12H2,1-2H3. The van der Waals surface area contributed by atoms with Crippen LogP contribution in [0.15, 0.2) is 121 Å². The van der Waals surface area contributed by atoms with E-state index in [1.54, 1.807) is 0 Å². The Kier molecular flexibility index (Phi) is 4.99. The van der Waals surface area contributed by atoms with E-state index in [9.17, 15) is 0 Å². The second-order valence-electron chi connectivity index (χ2n) is 9.82. The third-order valence-corrected chi connectivity index (χ3v) is 7.40. The predicted molar refractivity (Wildman–Crippen MR) is 144 cm³/mol. The summed E-state index contributed by atoms with van der Waals surface area (Å²) in [6.45, 7) is 4.68. The zero-order chi connectivity index (χ0) is 23.1. The zero-order valence-corrected chi connectivity index (χ0v) is 19.8. The van der Waals surface area contributed by atoms with Gasteiger partial charge in [0, 0.05) is 28.4 Å². The van der Waals surface area contributed by atoms with E-state index >= 15 is 0 Å². The molecule has 2 aliphatic rings. The lowest BCUT2D eigenvalue weighted by Gasteiger charge is -2.28. The first-order chi connectivity index (χ1) is 16.6. The van der Waals surface area contributed by atoms with Crippen LogP contribution in [0.3, 0.4) is 0 Å². The molecule has 0 aliphatic heterocycles. The highest BCUT2D eigenvalue weighted by atomic mass is 15.1. The molecule has 2 aliphatic carbocycles. The third kappa shape index (κ3) is 3.40. The zero-order valence-electron chi connectivity index (χ0n) is 19.8. The van der Waals surface area contributed by atoms with E-state index in [1.165, 1.54) is 44.9 Å². The van der Waals surface area contributed by atoms with Crippen LogP contribution in [-0.2, 0) is 5.41 Å². The van der Waals surface area contributed by atoms with Gasteiger partial charge in [0.05, 0.1) is 0 Å². The van der Waals surface area contributed by atoms with Crippen molar-refractivity contribution in [2.24, 2.45) is 0 Å². The van der Waals surface area contributed by atoms with Crippen molar-refractivity contribution in [1.29, 1.82) is 0 Å². The summed E-state index contributed by atoms with van der Waals surface area (Å²) in [5, 5.41) is 0. The molecule has 0 fully saturated rings. The van der Waals surface area contributed by atoms with Crippen molar-refractivity contribution >= 4 is 17.1 Å². The lowest BCUT2D eigenvalue weighted by atomic mass is 9.82. The molecular weight excluding hydrogens is 410 g/mol. The number of allylic oxidation sites excluding steroid dienone is 4. The molecule has 4 aromatic carbocycles. The van der Waals surface area contributed by atoms with Crippen molar-refractivity contribution in [3.8, 4) is 11.1 Å². The molecule has 1 nitrogen and oxygen atoms in total. The highest BCUT2D eigenvalue weighted by molar-refractivity contribution is 5.85. The lowest BCUT2D eigenvalue weighted by Crippen LogP contribution is -2.16. The normalized spacial score (nSPS) is 17.3. The van der Waals surface area contributed by atoms with Gasteiger partial charge >= 0.3 is 0 Å². The lowest BCUT2D eigenvalue weighted by molar-refractivity contribution is 0.660. The Morgan fingerprint density at radius 2 is 1.32 bits per heavy atom. The summed E-state index contributed by atoms with van der Waals surface area (Å²) in [6.07, 6.45) is 9.90. The van der Waals surface area contributed by atoms with E-state index in [1.807, 2.05) is 0 Å². The summed E-state index contributed by atoms with van der Waals surface area (Å²) < 4.78 is 0. The number of nitrogens with zero attached hydrogens (tertiary/aromatic N) is 1. The fourth-order valence-corrected chi connectivity index (χ4v) is 5.55. The van der Waals surface area contributed by atoms with Crippen LogP contribution in [0.1, 0.15) is 42.9 Å². The van der Waals surface area contributed by atoms with Crippen LogP contribution in [0.25, 0.3) is 11.1 Å². The quantitative estimate of drug-likeness (QED) is 0.306. The molecule has 0 aromatic heterocycles. The average molecular weight is 440 g/mol. The van der Waals surface area contributed by atoms with Crippen LogP contribution in [0.5, 0.6) is 0 Å². The van der Waals surface area contributed by atoms with E-state index in [4.69, 9.17) is 0 Å². The molecule has 0 radical (unpaired) electrons. The van der Waals surface area contributed by atoms with Gasteiger partial charge in [0.2, 0.25) is 0 Å². The Labute approximate surface area is 202 Å². The van der Waals surface area contributed by atoms with Crippen LogP contribution >= 0.6 is 0 Å². The van der Waals surface area contributed by atoms with E-state index in [-0.39, 0.29) is 5.41 Å². The maximum Gasteiger partial charge on any atom is 0.0465 e. The van der Waals surface area contributed by atoms with Crippen molar-refractivity contribution in [1.82, 2.24) is 0 Å². The molecule has 166 valence electrons. The molecule has 0 bridgehead atoms. The third-order valence-electron chi connectivity index (χ3n) is 7.40. The van der Waals surface area contributed by atoms with Gasteiger partial charge in [-0.05, 0) is 70.6 Å². The SMILES string of the molecule is CC1(C)c2ccccc2-c2ccc(N(c3ccccc3)c3ccc(C4C=CC=CC4)cc3)cc21. The number of benzene rings is 4. The molecule has 0 saturated carbocycles. The molecule has 0 heterocycles. The summed E-state index contributed by atoms with van der Waals surface area (Å²) in [5.74, 6) is 0.462. The smallest absolute Gasteiger partial charge is 0.0465 e. The highest BCUT2D eigenvalue weighted by Gasteiger charge is 2.35. The van der Waals surface area contributed by atoms with Gasteiger partial charge in [0.15, 0.2) is 0 Å². The number of hydrogen-bond donors (Lipinski definition) is 0. The minimum atomic E-state index is -0.0189. The van der Waals surface area contributed by atoms with Gasteiger partial charge in [-0.1, -0.05) is 98.8 Å². The maximum atomic E-state index is 2.39. The van der Waals surface area contributed by atoms with E-state index in [0.717, 1.165) is 6.42 Å². The molecular formula is C33H29N. The van der Waals surface area contributed by atoms with Gasteiger partial charge in [-0.2, -0.15) is 0 Å². The summed E-state index contributed by atoms with van der Waals surface area (Å²) in [6, 6.07) is 35.6. The van der Waals surface area contributed by atoms with E-state index in [2.05, 4.69) is 140 Å². The van der Waals surface area contributed by atoms with Crippen molar-refractivity contribution in [3.05, 3.63) is 138 Å². The van der Waals surface area contributed by atoms with Crippen LogP contribution in [-0.4, -0.2) is 0 Å². The van der Waals surface area contributed by atoms with Crippen LogP contribution in [0.2, 0.25) is 0 Å². The molecule has 0 N–H and O–H groups in total. The van der Waals surface area contributed by atoms with Crippen LogP contribution in [0.4, 0.5) is 17.1 Å². The molecule has 4 aromatic rings. The summed E-state index contributed by atoms with van der Waals surface area (Å²) >= 11 is 0. The van der Waals surface area contributed by atoms with E-state index in [0.29, 0.717) is 5.92 Å². The van der Waals surface area contributed by atoms with Crippen molar-refractivity contribution < 1.29 is 0 Å². The fourth-order valence-electron chi connectivity index (χ4n) is 5.55. The molecule has 0 saturated heterocycles. The van der Waals surface area contributed by atoms with Gasteiger partial charge in [-0.25, -0.2) is 0 Å². The fraction of sp³-hybridized carbons (Fsp3) is 0.152. The summed E-state index contributed by atoms with van der Waals surface area (Å²) in [5.41, 5.74) is 10.4. The predicted octanol–water partition coefficient (Wildman–Crippen LogP) is 9.06. The Morgan fingerprint density at radius 3 is 2.09 bits per heavy atom. The first-order valence-corrected chi connectivity index (χ1v) is 12.2. The Balaban J connectivity index is 1.44. The number of rotatable bonds is 4. The largest absolute Gasteiger partial charge is 0.310 e. The summed E-state index contributed by atoms with van der Waals surface area (Å²) in [4.78, 5) is 2.37. The minimum absolute atomic E-state index is 0.0189. The van der Waals surface area contributed by atoms with Crippen molar-refractivity contribution in [3.63, 3.8) is 0 Å². The van der Waals surface area contributed by atoms with Gasteiger partial charge in [0.25, 0.3) is 0 Å². The molecule has 6 rings (SSSR count).